The lowest BCUT2D eigenvalue weighted by Crippen LogP contribution is -2.29. The zero-order valence-corrected chi connectivity index (χ0v) is 10.6. The summed E-state index contributed by atoms with van der Waals surface area (Å²) in [5.41, 5.74) is 0.949. The first kappa shape index (κ1) is 12.6. The first-order chi connectivity index (χ1) is 7.26. The summed E-state index contributed by atoms with van der Waals surface area (Å²) in [7, 11) is 0. The molecule has 1 N–H and O–H groups in total. The summed E-state index contributed by atoms with van der Waals surface area (Å²) >= 11 is 1.66. The van der Waals surface area contributed by atoms with Gasteiger partial charge in [0, 0.05) is 18.3 Å². The second-order valence-corrected chi connectivity index (χ2v) is 4.62. The van der Waals surface area contributed by atoms with Gasteiger partial charge < -0.3 is 9.73 Å². The zero-order chi connectivity index (χ0) is 11.1. The monoisotopic (exact) mass is 228 g/mol. The highest BCUT2D eigenvalue weighted by atomic mass is 32.2. The molecule has 1 aromatic heterocycles. The predicted molar refractivity (Wildman–Crippen MR) is 64.3 cm³/mol. The molecule has 3 nitrogen and oxygen atoms in total. The molecule has 0 radical (unpaired) electrons. The van der Waals surface area contributed by atoms with Crippen LogP contribution in [0.4, 0.5) is 0 Å². The lowest BCUT2D eigenvalue weighted by Gasteiger charge is -2.13. The number of thioether (sulfide) groups is 1. The van der Waals surface area contributed by atoms with Crippen molar-refractivity contribution in [1.82, 2.24) is 10.3 Å². The Kier molecular flexibility index (Phi) is 5.79. The number of hydrogen-bond acceptors (Lipinski definition) is 4. The second kappa shape index (κ2) is 6.90. The summed E-state index contributed by atoms with van der Waals surface area (Å²) in [6.07, 6.45) is 4.08. The van der Waals surface area contributed by atoms with Gasteiger partial charge in [-0.3, -0.25) is 0 Å². The molecule has 0 fully saturated rings. The number of rotatable bonds is 7. The maximum atomic E-state index is 5.25. The van der Waals surface area contributed by atoms with E-state index in [1.807, 2.05) is 6.92 Å². The van der Waals surface area contributed by atoms with Crippen LogP contribution in [0, 0.1) is 6.92 Å². The molecule has 4 heteroatoms. The quantitative estimate of drug-likeness (QED) is 0.575. The normalized spacial score (nSPS) is 11.2. The van der Waals surface area contributed by atoms with Gasteiger partial charge in [0.25, 0.3) is 5.22 Å². The van der Waals surface area contributed by atoms with Gasteiger partial charge in [-0.05, 0) is 19.8 Å². The minimum absolute atomic E-state index is 0.650. The van der Waals surface area contributed by atoms with Crippen molar-refractivity contribution in [2.75, 3.05) is 12.3 Å². The van der Waals surface area contributed by atoms with E-state index < -0.39 is 0 Å². The lowest BCUT2D eigenvalue weighted by molar-refractivity contribution is 0.453. The molecular weight excluding hydrogens is 208 g/mol. The fourth-order valence-electron chi connectivity index (χ4n) is 1.38. The molecule has 1 aromatic rings. The van der Waals surface area contributed by atoms with Crippen LogP contribution in [0.1, 0.15) is 32.4 Å². The molecule has 0 amide bonds. The van der Waals surface area contributed by atoms with Crippen molar-refractivity contribution in [3.05, 3.63) is 12.0 Å². The molecule has 0 aliphatic rings. The summed E-state index contributed by atoms with van der Waals surface area (Å²) in [6, 6.07) is 0.650. The number of hydrogen-bond donors (Lipinski definition) is 1. The minimum atomic E-state index is 0.650. The fraction of sp³-hybridized carbons (Fsp3) is 0.727. The van der Waals surface area contributed by atoms with E-state index in [1.165, 1.54) is 12.8 Å². The van der Waals surface area contributed by atoms with Crippen molar-refractivity contribution in [3.8, 4) is 0 Å². The highest BCUT2D eigenvalue weighted by Crippen LogP contribution is 2.15. The summed E-state index contributed by atoms with van der Waals surface area (Å²) in [5.74, 6) is 1.01. The Balaban J connectivity index is 2.11. The predicted octanol–water partition coefficient (Wildman–Crippen LogP) is 2.85. The minimum Gasteiger partial charge on any atom is -0.440 e. The molecule has 1 rings (SSSR count). The van der Waals surface area contributed by atoms with Crippen LogP contribution in [0.5, 0.6) is 0 Å². The summed E-state index contributed by atoms with van der Waals surface area (Å²) in [5, 5.41) is 4.28. The van der Waals surface area contributed by atoms with E-state index in [2.05, 4.69) is 24.1 Å². The van der Waals surface area contributed by atoms with Gasteiger partial charge in [-0.15, -0.1) is 0 Å². The molecular formula is C11H20N2OS. The van der Waals surface area contributed by atoms with E-state index in [0.29, 0.717) is 6.04 Å². The van der Waals surface area contributed by atoms with Crippen LogP contribution in [-0.4, -0.2) is 23.3 Å². The van der Waals surface area contributed by atoms with Gasteiger partial charge >= 0.3 is 0 Å². The van der Waals surface area contributed by atoms with Crippen molar-refractivity contribution >= 4 is 11.8 Å². The first-order valence-corrected chi connectivity index (χ1v) is 6.53. The zero-order valence-electron chi connectivity index (χ0n) is 9.75. The van der Waals surface area contributed by atoms with E-state index in [-0.39, 0.29) is 0 Å². The molecule has 0 saturated carbocycles. The van der Waals surface area contributed by atoms with Crippen LogP contribution in [0.3, 0.4) is 0 Å². The summed E-state index contributed by atoms with van der Waals surface area (Å²) < 4.78 is 5.25. The average molecular weight is 228 g/mol. The molecule has 0 saturated heterocycles. The van der Waals surface area contributed by atoms with Crippen LogP contribution >= 0.6 is 11.8 Å². The van der Waals surface area contributed by atoms with Gasteiger partial charge in [0.15, 0.2) is 0 Å². The van der Waals surface area contributed by atoms with Crippen LogP contribution in [0.25, 0.3) is 0 Å². The summed E-state index contributed by atoms with van der Waals surface area (Å²) in [6.45, 7) is 7.38. The van der Waals surface area contributed by atoms with E-state index >= 15 is 0 Å². The molecule has 15 heavy (non-hydrogen) atoms. The van der Waals surface area contributed by atoms with E-state index in [4.69, 9.17) is 4.42 Å². The molecule has 86 valence electrons. The molecule has 0 aliphatic heterocycles. The van der Waals surface area contributed by atoms with Gasteiger partial charge in [0.05, 0.1) is 5.69 Å². The Morgan fingerprint density at radius 1 is 1.47 bits per heavy atom. The van der Waals surface area contributed by atoms with Crippen molar-refractivity contribution in [2.45, 2.75) is 44.9 Å². The van der Waals surface area contributed by atoms with Crippen LogP contribution in [0.15, 0.2) is 15.9 Å². The average Bonchev–Trinajstić information content (AvgIpc) is 2.65. The molecule has 0 unspecified atom stereocenters. The molecule has 0 spiro atoms. The third-order valence-corrected chi connectivity index (χ3v) is 3.19. The van der Waals surface area contributed by atoms with Gasteiger partial charge in [-0.1, -0.05) is 25.6 Å². The third kappa shape index (κ3) is 4.71. The molecule has 0 aliphatic carbocycles. The standard InChI is InChI=1S/C11H20N2OS/c1-4-10(5-2)12-6-7-15-11-13-9(3)8-14-11/h8,10,12H,4-7H2,1-3H3. The second-order valence-electron chi connectivity index (χ2n) is 3.57. The number of nitrogens with one attached hydrogen (secondary N) is 1. The van der Waals surface area contributed by atoms with Crippen LogP contribution in [-0.2, 0) is 0 Å². The molecule has 0 aromatic carbocycles. The van der Waals surface area contributed by atoms with Gasteiger partial charge in [0.2, 0.25) is 0 Å². The van der Waals surface area contributed by atoms with Crippen molar-refractivity contribution < 1.29 is 4.42 Å². The van der Waals surface area contributed by atoms with Gasteiger partial charge in [-0.2, -0.15) is 0 Å². The van der Waals surface area contributed by atoms with E-state index in [9.17, 15) is 0 Å². The maximum Gasteiger partial charge on any atom is 0.255 e. The maximum absolute atomic E-state index is 5.25. The first-order valence-electron chi connectivity index (χ1n) is 5.54. The fourth-order valence-corrected chi connectivity index (χ4v) is 2.10. The Hall–Kier alpha value is -0.480. The Labute approximate surface area is 96.0 Å². The molecule has 0 atom stereocenters. The van der Waals surface area contributed by atoms with Crippen LogP contribution < -0.4 is 5.32 Å². The lowest BCUT2D eigenvalue weighted by atomic mass is 10.2. The van der Waals surface area contributed by atoms with Crippen LogP contribution in [0.2, 0.25) is 0 Å². The number of aryl methyl sites for hydroxylation is 1. The molecule has 0 bridgehead atoms. The van der Waals surface area contributed by atoms with E-state index in [0.717, 1.165) is 23.2 Å². The smallest absolute Gasteiger partial charge is 0.255 e. The van der Waals surface area contributed by atoms with Crippen molar-refractivity contribution in [3.63, 3.8) is 0 Å². The Bertz CT molecular complexity index is 271. The van der Waals surface area contributed by atoms with E-state index in [1.54, 1.807) is 18.0 Å². The summed E-state index contributed by atoms with van der Waals surface area (Å²) in [4.78, 5) is 4.24. The van der Waals surface area contributed by atoms with Gasteiger partial charge in [0.1, 0.15) is 6.26 Å². The highest BCUT2D eigenvalue weighted by Gasteiger charge is 2.03. The third-order valence-electron chi connectivity index (χ3n) is 2.34. The van der Waals surface area contributed by atoms with Gasteiger partial charge in [-0.25, -0.2) is 4.98 Å². The molecule has 1 heterocycles. The SMILES string of the molecule is CCC(CC)NCCSc1nc(C)co1. The van der Waals surface area contributed by atoms with Crippen molar-refractivity contribution in [2.24, 2.45) is 0 Å². The largest absolute Gasteiger partial charge is 0.440 e. The topological polar surface area (TPSA) is 38.1 Å². The Morgan fingerprint density at radius 2 is 2.20 bits per heavy atom. The van der Waals surface area contributed by atoms with Crippen molar-refractivity contribution in [1.29, 1.82) is 0 Å². The highest BCUT2D eigenvalue weighted by molar-refractivity contribution is 7.99. The number of nitrogens with zero attached hydrogens (tertiary/aromatic N) is 1. The number of aromatic nitrogens is 1. The number of oxazole rings is 1. The Morgan fingerprint density at radius 3 is 2.73 bits per heavy atom.